The lowest BCUT2D eigenvalue weighted by Gasteiger charge is -2.34. The van der Waals surface area contributed by atoms with Crippen LogP contribution in [0.4, 0.5) is 0 Å². The summed E-state index contributed by atoms with van der Waals surface area (Å²) in [7, 11) is 0. The van der Waals surface area contributed by atoms with Crippen molar-refractivity contribution in [3.63, 3.8) is 0 Å². The smallest absolute Gasteiger partial charge is 0.231 e. The number of nitrogens with one attached hydrogen (secondary N) is 1. The van der Waals surface area contributed by atoms with Crippen LogP contribution < -0.4 is 14.8 Å². The van der Waals surface area contributed by atoms with E-state index in [0.717, 1.165) is 42.7 Å². The quantitative estimate of drug-likeness (QED) is 0.770. The van der Waals surface area contributed by atoms with Crippen LogP contribution in [-0.4, -0.2) is 48.3 Å². The number of carbonyl (C=O) groups is 2. The predicted octanol–water partition coefficient (Wildman–Crippen LogP) is 2.10. The molecule has 4 heterocycles. The van der Waals surface area contributed by atoms with Gasteiger partial charge in [0.25, 0.3) is 0 Å². The van der Waals surface area contributed by atoms with E-state index in [1.807, 2.05) is 37.3 Å². The fourth-order valence-electron chi connectivity index (χ4n) is 6.12. The number of carbonyl (C=O) groups excluding carboxylic acids is 2. The monoisotopic (exact) mass is 410 g/mol. The van der Waals surface area contributed by atoms with Gasteiger partial charge in [0.1, 0.15) is 5.60 Å². The molecule has 5 aliphatic rings. The molecule has 1 saturated carbocycles. The Kier molecular flexibility index (Phi) is 3.79. The third-order valence-electron chi connectivity index (χ3n) is 7.61. The van der Waals surface area contributed by atoms with E-state index in [1.54, 1.807) is 4.90 Å². The molecule has 0 unspecified atom stereocenters. The highest BCUT2D eigenvalue weighted by molar-refractivity contribution is 5.93. The maximum absolute atomic E-state index is 13.6. The molecule has 7 heteroatoms. The summed E-state index contributed by atoms with van der Waals surface area (Å²) in [6.07, 6.45) is 7.49. The molecule has 1 N–H and O–H groups in total. The number of fused-ring (bicyclic) bond motifs is 2. The molecule has 30 heavy (non-hydrogen) atoms. The van der Waals surface area contributed by atoms with Gasteiger partial charge in [-0.25, -0.2) is 0 Å². The van der Waals surface area contributed by atoms with Crippen molar-refractivity contribution < 1.29 is 23.8 Å². The van der Waals surface area contributed by atoms with Gasteiger partial charge in [0.2, 0.25) is 18.6 Å². The van der Waals surface area contributed by atoms with Gasteiger partial charge < -0.3 is 24.4 Å². The lowest BCUT2D eigenvalue weighted by molar-refractivity contribution is -0.138. The lowest BCUT2D eigenvalue weighted by Crippen LogP contribution is -2.51. The van der Waals surface area contributed by atoms with E-state index in [-0.39, 0.29) is 24.7 Å². The molecule has 1 aliphatic carbocycles. The van der Waals surface area contributed by atoms with Gasteiger partial charge in [-0.3, -0.25) is 9.59 Å². The summed E-state index contributed by atoms with van der Waals surface area (Å²) >= 11 is 0. The Balaban J connectivity index is 1.31. The van der Waals surface area contributed by atoms with E-state index in [2.05, 4.69) is 5.32 Å². The number of likely N-dealkylation sites (N-methyl/N-ethyl adjacent to an activating group) is 1. The Labute approximate surface area is 175 Å². The summed E-state index contributed by atoms with van der Waals surface area (Å²) in [5.41, 5.74) is -0.0376. The highest BCUT2D eigenvalue weighted by Crippen LogP contribution is 2.52. The van der Waals surface area contributed by atoms with Gasteiger partial charge in [0.15, 0.2) is 11.5 Å². The number of ether oxygens (including phenoxy) is 3. The van der Waals surface area contributed by atoms with Gasteiger partial charge in [0.05, 0.1) is 30.0 Å². The molecule has 3 fully saturated rings. The zero-order chi connectivity index (χ0) is 20.5. The molecule has 0 aromatic heterocycles. The molecule has 4 atom stereocenters. The molecule has 2 bridgehead atoms. The second kappa shape index (κ2) is 6.23. The van der Waals surface area contributed by atoms with E-state index < -0.39 is 23.0 Å². The fourth-order valence-corrected chi connectivity index (χ4v) is 6.12. The number of rotatable bonds is 4. The SMILES string of the molecule is CCN1C[C@]23C=C[C@H](O2)[C@H](C(=O)NC2(c4ccc5c(c4)OCO5)CCCC2)[C@@H]3C1=O. The van der Waals surface area contributed by atoms with Crippen LogP contribution in [0.3, 0.4) is 0 Å². The molecule has 1 spiro atoms. The zero-order valence-corrected chi connectivity index (χ0v) is 17.1. The third kappa shape index (κ3) is 2.35. The largest absolute Gasteiger partial charge is 0.454 e. The fraction of sp³-hybridized carbons (Fsp3) is 0.565. The number of likely N-dealkylation sites (tertiary alicyclic amines) is 1. The van der Waals surface area contributed by atoms with Crippen molar-refractivity contribution in [1.82, 2.24) is 10.2 Å². The van der Waals surface area contributed by atoms with Crippen LogP contribution in [-0.2, 0) is 19.9 Å². The molecular formula is C23H26N2O5. The number of hydrogen-bond donors (Lipinski definition) is 1. The highest BCUT2D eigenvalue weighted by atomic mass is 16.7. The minimum absolute atomic E-state index is 0.0352. The summed E-state index contributed by atoms with van der Waals surface area (Å²) in [5.74, 6) is 0.508. The van der Waals surface area contributed by atoms with Crippen molar-refractivity contribution in [3.8, 4) is 11.5 Å². The standard InChI is InChI=1S/C23H26N2O5/c1-2-25-12-23-10-7-16(30-23)18(19(23)21(25)27)20(26)24-22(8-3-4-9-22)14-5-6-15-17(11-14)29-13-28-15/h5-7,10-11,16,18-19H,2-4,8-9,12-13H2,1H3,(H,24,26)/t16-,18-,19+,23-/m0/s1. The molecule has 1 aromatic carbocycles. The van der Waals surface area contributed by atoms with Crippen molar-refractivity contribution in [2.75, 3.05) is 19.9 Å². The minimum Gasteiger partial charge on any atom is -0.454 e. The van der Waals surface area contributed by atoms with Crippen molar-refractivity contribution in [2.24, 2.45) is 11.8 Å². The van der Waals surface area contributed by atoms with Crippen LogP contribution in [0.1, 0.15) is 38.2 Å². The molecule has 4 aliphatic heterocycles. The van der Waals surface area contributed by atoms with E-state index in [0.29, 0.717) is 13.1 Å². The van der Waals surface area contributed by atoms with Crippen LogP contribution in [0.5, 0.6) is 11.5 Å². The van der Waals surface area contributed by atoms with Crippen LogP contribution in [0, 0.1) is 11.8 Å². The van der Waals surface area contributed by atoms with Crippen molar-refractivity contribution in [3.05, 3.63) is 35.9 Å². The van der Waals surface area contributed by atoms with Crippen LogP contribution in [0.25, 0.3) is 0 Å². The maximum atomic E-state index is 13.6. The molecule has 2 amide bonds. The van der Waals surface area contributed by atoms with E-state index >= 15 is 0 Å². The van der Waals surface area contributed by atoms with E-state index in [4.69, 9.17) is 14.2 Å². The topological polar surface area (TPSA) is 77.1 Å². The molecule has 158 valence electrons. The minimum atomic E-state index is -0.638. The van der Waals surface area contributed by atoms with E-state index in [1.165, 1.54) is 0 Å². The zero-order valence-electron chi connectivity index (χ0n) is 17.1. The molecule has 6 rings (SSSR count). The predicted molar refractivity (Wildman–Crippen MR) is 107 cm³/mol. The first-order chi connectivity index (χ1) is 14.6. The Morgan fingerprint density at radius 1 is 1.23 bits per heavy atom. The molecular weight excluding hydrogens is 384 g/mol. The van der Waals surface area contributed by atoms with Gasteiger partial charge in [0, 0.05) is 6.54 Å². The normalized spacial score (nSPS) is 34.6. The first-order valence-corrected chi connectivity index (χ1v) is 10.9. The molecule has 2 saturated heterocycles. The van der Waals surface area contributed by atoms with Crippen molar-refractivity contribution >= 4 is 11.8 Å². The summed E-state index contributed by atoms with van der Waals surface area (Å²) < 4.78 is 17.2. The van der Waals surface area contributed by atoms with Crippen molar-refractivity contribution in [1.29, 1.82) is 0 Å². The van der Waals surface area contributed by atoms with Crippen LogP contribution in [0.2, 0.25) is 0 Å². The Bertz CT molecular complexity index is 953. The number of amides is 2. The first-order valence-electron chi connectivity index (χ1n) is 10.9. The summed E-state index contributed by atoms with van der Waals surface area (Å²) in [5, 5.41) is 3.37. The second-order valence-electron chi connectivity index (χ2n) is 9.10. The van der Waals surface area contributed by atoms with Gasteiger partial charge in [-0.05, 0) is 37.5 Å². The van der Waals surface area contributed by atoms with Gasteiger partial charge in [-0.2, -0.15) is 0 Å². The maximum Gasteiger partial charge on any atom is 0.231 e. The highest BCUT2D eigenvalue weighted by Gasteiger charge is 2.66. The number of nitrogens with zero attached hydrogens (tertiary/aromatic N) is 1. The van der Waals surface area contributed by atoms with E-state index in [9.17, 15) is 9.59 Å². The average Bonchev–Trinajstić information content (AvgIpc) is 3.55. The Morgan fingerprint density at radius 2 is 2.03 bits per heavy atom. The summed E-state index contributed by atoms with van der Waals surface area (Å²) in [6.45, 7) is 3.37. The number of hydrogen-bond acceptors (Lipinski definition) is 5. The molecule has 1 aromatic rings. The van der Waals surface area contributed by atoms with Crippen LogP contribution >= 0.6 is 0 Å². The summed E-state index contributed by atoms with van der Waals surface area (Å²) in [6, 6.07) is 5.94. The second-order valence-corrected chi connectivity index (χ2v) is 9.10. The van der Waals surface area contributed by atoms with Gasteiger partial charge in [-0.15, -0.1) is 0 Å². The third-order valence-corrected chi connectivity index (χ3v) is 7.61. The average molecular weight is 410 g/mol. The first kappa shape index (κ1) is 18.2. The van der Waals surface area contributed by atoms with Crippen molar-refractivity contribution in [2.45, 2.75) is 49.9 Å². The Hall–Kier alpha value is -2.54. The number of benzene rings is 1. The van der Waals surface area contributed by atoms with Gasteiger partial charge in [-0.1, -0.05) is 31.1 Å². The van der Waals surface area contributed by atoms with Crippen LogP contribution in [0.15, 0.2) is 30.4 Å². The lowest BCUT2D eigenvalue weighted by atomic mass is 9.76. The van der Waals surface area contributed by atoms with Gasteiger partial charge >= 0.3 is 0 Å². The molecule has 7 nitrogen and oxygen atoms in total. The summed E-state index contributed by atoms with van der Waals surface area (Å²) in [4.78, 5) is 28.5. The Morgan fingerprint density at radius 3 is 2.83 bits per heavy atom. The molecule has 0 radical (unpaired) electrons.